The summed E-state index contributed by atoms with van der Waals surface area (Å²) in [6.45, 7) is 4.84. The molecule has 0 aliphatic heterocycles. The molecule has 20 heavy (non-hydrogen) atoms. The van der Waals surface area contributed by atoms with E-state index in [0.717, 1.165) is 18.2 Å². The molecular weight excluding hydrogens is 256 g/mol. The van der Waals surface area contributed by atoms with Gasteiger partial charge in [0.15, 0.2) is 0 Å². The van der Waals surface area contributed by atoms with Gasteiger partial charge in [0.2, 0.25) is 0 Å². The highest BCUT2D eigenvalue weighted by atomic mass is 19.1. The highest BCUT2D eigenvalue weighted by Crippen LogP contribution is 2.21. The SMILES string of the molecule is CCNC(Cc1ccc(F)cc1F)c1cccc(C)c1. The Labute approximate surface area is 118 Å². The Kier molecular flexibility index (Phi) is 4.85. The second-order valence-corrected chi connectivity index (χ2v) is 4.96. The molecule has 106 valence electrons. The van der Waals surface area contributed by atoms with Crippen molar-refractivity contribution in [3.8, 4) is 0 Å². The largest absolute Gasteiger partial charge is 0.310 e. The Morgan fingerprint density at radius 2 is 1.90 bits per heavy atom. The van der Waals surface area contributed by atoms with Crippen molar-refractivity contribution in [2.45, 2.75) is 26.3 Å². The van der Waals surface area contributed by atoms with Crippen LogP contribution in [0.4, 0.5) is 8.78 Å². The molecule has 1 atom stereocenters. The van der Waals surface area contributed by atoms with Crippen LogP contribution in [0.25, 0.3) is 0 Å². The summed E-state index contributed by atoms with van der Waals surface area (Å²) in [5.41, 5.74) is 2.82. The molecule has 1 unspecified atom stereocenters. The number of halogens is 2. The number of nitrogens with one attached hydrogen (secondary N) is 1. The summed E-state index contributed by atoms with van der Waals surface area (Å²) in [6, 6.07) is 11.9. The molecule has 0 saturated heterocycles. The molecule has 2 aromatic carbocycles. The average molecular weight is 275 g/mol. The summed E-state index contributed by atoms with van der Waals surface area (Å²) in [5.74, 6) is -1.03. The maximum absolute atomic E-state index is 13.8. The molecule has 3 heteroatoms. The summed E-state index contributed by atoms with van der Waals surface area (Å²) >= 11 is 0. The zero-order valence-electron chi connectivity index (χ0n) is 11.8. The van der Waals surface area contributed by atoms with Crippen LogP contribution in [0.5, 0.6) is 0 Å². The minimum atomic E-state index is -0.540. The van der Waals surface area contributed by atoms with Gasteiger partial charge in [0.25, 0.3) is 0 Å². The van der Waals surface area contributed by atoms with Crippen molar-refractivity contribution >= 4 is 0 Å². The van der Waals surface area contributed by atoms with E-state index in [2.05, 4.69) is 11.4 Å². The Balaban J connectivity index is 2.25. The lowest BCUT2D eigenvalue weighted by Gasteiger charge is -2.19. The standard InChI is InChI=1S/C17H19F2N/c1-3-20-17(14-6-4-5-12(2)9-14)10-13-7-8-15(18)11-16(13)19/h4-9,11,17,20H,3,10H2,1-2H3. The molecule has 0 heterocycles. The molecular formula is C17H19F2N. The van der Waals surface area contributed by atoms with Crippen LogP contribution in [0.2, 0.25) is 0 Å². The smallest absolute Gasteiger partial charge is 0.129 e. The number of rotatable bonds is 5. The average Bonchev–Trinajstić information content (AvgIpc) is 2.41. The second kappa shape index (κ2) is 6.62. The molecule has 1 N–H and O–H groups in total. The van der Waals surface area contributed by atoms with Gasteiger partial charge < -0.3 is 5.32 Å². The summed E-state index contributed by atoms with van der Waals surface area (Å²) in [5, 5.41) is 3.36. The molecule has 0 saturated carbocycles. The van der Waals surface area contributed by atoms with Crippen molar-refractivity contribution in [1.29, 1.82) is 0 Å². The van der Waals surface area contributed by atoms with E-state index >= 15 is 0 Å². The van der Waals surface area contributed by atoms with E-state index in [1.807, 2.05) is 32.0 Å². The second-order valence-electron chi connectivity index (χ2n) is 4.96. The molecule has 2 rings (SSSR count). The first-order chi connectivity index (χ1) is 9.60. The highest BCUT2D eigenvalue weighted by Gasteiger charge is 2.14. The third kappa shape index (κ3) is 3.64. The predicted molar refractivity (Wildman–Crippen MR) is 77.7 cm³/mol. The van der Waals surface area contributed by atoms with Gasteiger partial charge in [-0.25, -0.2) is 8.78 Å². The normalized spacial score (nSPS) is 12.4. The zero-order valence-corrected chi connectivity index (χ0v) is 11.8. The van der Waals surface area contributed by atoms with Crippen molar-refractivity contribution in [2.24, 2.45) is 0 Å². The van der Waals surface area contributed by atoms with Gasteiger partial charge in [0, 0.05) is 12.1 Å². The van der Waals surface area contributed by atoms with Crippen molar-refractivity contribution in [3.63, 3.8) is 0 Å². The van der Waals surface area contributed by atoms with Crippen LogP contribution in [0.1, 0.15) is 29.7 Å². The lowest BCUT2D eigenvalue weighted by atomic mass is 9.97. The van der Waals surface area contributed by atoms with E-state index in [-0.39, 0.29) is 6.04 Å². The maximum atomic E-state index is 13.8. The minimum absolute atomic E-state index is 0.0276. The topological polar surface area (TPSA) is 12.0 Å². The first kappa shape index (κ1) is 14.7. The lowest BCUT2D eigenvalue weighted by molar-refractivity contribution is 0.521. The predicted octanol–water partition coefficient (Wildman–Crippen LogP) is 4.17. The molecule has 2 aromatic rings. The van der Waals surface area contributed by atoms with Crippen LogP contribution < -0.4 is 5.32 Å². The summed E-state index contributed by atoms with van der Waals surface area (Å²) in [7, 11) is 0. The fraction of sp³-hybridized carbons (Fsp3) is 0.294. The van der Waals surface area contributed by atoms with Gasteiger partial charge in [-0.1, -0.05) is 42.8 Å². The van der Waals surface area contributed by atoms with Crippen LogP contribution in [0.15, 0.2) is 42.5 Å². The van der Waals surface area contributed by atoms with E-state index in [9.17, 15) is 8.78 Å². The number of aryl methyl sites for hydroxylation is 1. The van der Waals surface area contributed by atoms with Crippen molar-refractivity contribution < 1.29 is 8.78 Å². The molecule has 0 aliphatic rings. The van der Waals surface area contributed by atoms with Gasteiger partial charge in [0.05, 0.1) is 0 Å². The van der Waals surface area contributed by atoms with Gasteiger partial charge in [-0.2, -0.15) is 0 Å². The summed E-state index contributed by atoms with van der Waals surface area (Å²) in [4.78, 5) is 0. The highest BCUT2D eigenvalue weighted by molar-refractivity contribution is 5.28. The third-order valence-corrected chi connectivity index (χ3v) is 3.33. The molecule has 0 radical (unpaired) electrons. The number of hydrogen-bond donors (Lipinski definition) is 1. The van der Waals surface area contributed by atoms with Gasteiger partial charge in [0.1, 0.15) is 11.6 Å². The summed E-state index contributed by atoms with van der Waals surface area (Å²) < 4.78 is 26.7. The molecule has 0 aromatic heterocycles. The minimum Gasteiger partial charge on any atom is -0.310 e. The van der Waals surface area contributed by atoms with E-state index in [1.54, 1.807) is 0 Å². The van der Waals surface area contributed by atoms with E-state index in [1.165, 1.54) is 17.7 Å². The fourth-order valence-electron chi connectivity index (χ4n) is 2.35. The Morgan fingerprint density at radius 1 is 1.10 bits per heavy atom. The molecule has 0 aliphatic carbocycles. The molecule has 0 spiro atoms. The Bertz CT molecular complexity index is 581. The lowest BCUT2D eigenvalue weighted by Crippen LogP contribution is -2.23. The summed E-state index contributed by atoms with van der Waals surface area (Å²) in [6.07, 6.45) is 0.503. The van der Waals surface area contributed by atoms with E-state index in [4.69, 9.17) is 0 Å². The molecule has 0 bridgehead atoms. The van der Waals surface area contributed by atoms with Crippen molar-refractivity contribution in [2.75, 3.05) is 6.54 Å². The van der Waals surface area contributed by atoms with Crippen LogP contribution in [-0.4, -0.2) is 6.54 Å². The zero-order chi connectivity index (χ0) is 14.5. The first-order valence-electron chi connectivity index (χ1n) is 6.84. The van der Waals surface area contributed by atoms with Gasteiger partial charge in [-0.3, -0.25) is 0 Å². The third-order valence-electron chi connectivity index (χ3n) is 3.33. The van der Waals surface area contributed by atoms with E-state index in [0.29, 0.717) is 12.0 Å². The molecule has 0 amide bonds. The molecule has 0 fully saturated rings. The van der Waals surface area contributed by atoms with Crippen LogP contribution in [-0.2, 0) is 6.42 Å². The maximum Gasteiger partial charge on any atom is 0.129 e. The monoisotopic (exact) mass is 275 g/mol. The first-order valence-corrected chi connectivity index (χ1v) is 6.84. The van der Waals surface area contributed by atoms with Crippen LogP contribution >= 0.6 is 0 Å². The quantitative estimate of drug-likeness (QED) is 0.863. The fourth-order valence-corrected chi connectivity index (χ4v) is 2.35. The van der Waals surface area contributed by atoms with Gasteiger partial charge in [-0.15, -0.1) is 0 Å². The van der Waals surface area contributed by atoms with Crippen molar-refractivity contribution in [3.05, 3.63) is 70.8 Å². The van der Waals surface area contributed by atoms with Gasteiger partial charge in [-0.05, 0) is 37.1 Å². The van der Waals surface area contributed by atoms with Gasteiger partial charge >= 0.3 is 0 Å². The van der Waals surface area contributed by atoms with Crippen molar-refractivity contribution in [1.82, 2.24) is 5.32 Å². The van der Waals surface area contributed by atoms with E-state index < -0.39 is 11.6 Å². The van der Waals surface area contributed by atoms with Crippen LogP contribution in [0.3, 0.4) is 0 Å². The number of hydrogen-bond acceptors (Lipinski definition) is 1. The number of likely N-dealkylation sites (N-methyl/N-ethyl adjacent to an activating group) is 1. The Morgan fingerprint density at radius 3 is 2.55 bits per heavy atom. The molecule has 1 nitrogen and oxygen atoms in total. The van der Waals surface area contributed by atoms with Crippen LogP contribution in [0, 0.1) is 18.6 Å². The number of benzene rings is 2. The Hall–Kier alpha value is -1.74.